The van der Waals surface area contributed by atoms with E-state index in [0.29, 0.717) is 18.5 Å². The molecule has 148 valence electrons. The van der Waals surface area contributed by atoms with Crippen LogP contribution in [-0.4, -0.2) is 57.3 Å². The highest BCUT2D eigenvalue weighted by molar-refractivity contribution is 5.09. The first-order chi connectivity index (χ1) is 13.7. The SMILES string of the molecule is Cc1nc(CN2CCC(c3nnc(Cn4cccn4)n3C3CC3)CC2)n(C)n1. The van der Waals surface area contributed by atoms with Crippen molar-refractivity contribution in [1.29, 1.82) is 0 Å². The summed E-state index contributed by atoms with van der Waals surface area (Å²) in [5, 5.41) is 17.9. The first kappa shape index (κ1) is 17.5. The maximum absolute atomic E-state index is 4.63. The third-order valence-electron chi connectivity index (χ3n) is 5.84. The summed E-state index contributed by atoms with van der Waals surface area (Å²) in [7, 11) is 1.97. The average molecular weight is 381 g/mol. The minimum atomic E-state index is 0.483. The van der Waals surface area contributed by atoms with Gasteiger partial charge in [-0.25, -0.2) is 4.98 Å². The van der Waals surface area contributed by atoms with E-state index in [1.54, 1.807) is 0 Å². The Balaban J connectivity index is 1.27. The molecule has 3 aromatic heterocycles. The second kappa shape index (κ2) is 7.12. The van der Waals surface area contributed by atoms with Crippen molar-refractivity contribution >= 4 is 0 Å². The van der Waals surface area contributed by atoms with Crippen LogP contribution in [0.15, 0.2) is 18.5 Å². The molecule has 0 unspecified atom stereocenters. The Labute approximate surface area is 164 Å². The molecule has 9 nitrogen and oxygen atoms in total. The highest BCUT2D eigenvalue weighted by Crippen LogP contribution is 2.40. The molecule has 0 aromatic carbocycles. The Morgan fingerprint density at radius 3 is 2.50 bits per heavy atom. The summed E-state index contributed by atoms with van der Waals surface area (Å²) in [6, 6.07) is 2.53. The summed E-state index contributed by atoms with van der Waals surface area (Å²) in [4.78, 5) is 7.02. The highest BCUT2D eigenvalue weighted by atomic mass is 15.4. The van der Waals surface area contributed by atoms with Crippen LogP contribution in [0.5, 0.6) is 0 Å². The lowest BCUT2D eigenvalue weighted by Crippen LogP contribution is -2.34. The Bertz CT molecular complexity index is 927. The van der Waals surface area contributed by atoms with Crippen LogP contribution in [0.1, 0.15) is 60.9 Å². The molecule has 1 saturated heterocycles. The molecule has 3 aromatic rings. The summed E-state index contributed by atoms with van der Waals surface area (Å²) in [6.45, 7) is 5.62. The smallest absolute Gasteiger partial charge is 0.155 e. The second-order valence-corrected chi connectivity index (χ2v) is 8.03. The molecular formula is C19H27N9. The Hall–Kier alpha value is -2.55. The van der Waals surface area contributed by atoms with Crippen LogP contribution in [0, 0.1) is 6.92 Å². The van der Waals surface area contributed by atoms with Crippen molar-refractivity contribution < 1.29 is 0 Å². The Morgan fingerprint density at radius 1 is 1.04 bits per heavy atom. The van der Waals surface area contributed by atoms with Crippen LogP contribution >= 0.6 is 0 Å². The van der Waals surface area contributed by atoms with Crippen LogP contribution in [0.3, 0.4) is 0 Å². The van der Waals surface area contributed by atoms with Crippen molar-refractivity contribution in [2.24, 2.45) is 7.05 Å². The first-order valence-electron chi connectivity index (χ1n) is 10.2. The molecular weight excluding hydrogens is 354 g/mol. The van der Waals surface area contributed by atoms with Gasteiger partial charge < -0.3 is 4.57 Å². The molecule has 1 aliphatic heterocycles. The Morgan fingerprint density at radius 2 is 1.86 bits per heavy atom. The van der Waals surface area contributed by atoms with Crippen LogP contribution in [0.4, 0.5) is 0 Å². The van der Waals surface area contributed by atoms with E-state index in [2.05, 4.69) is 34.8 Å². The molecule has 0 spiro atoms. The largest absolute Gasteiger partial charge is 0.310 e. The van der Waals surface area contributed by atoms with Crippen molar-refractivity contribution in [1.82, 2.24) is 44.2 Å². The normalized spacial score (nSPS) is 18.8. The van der Waals surface area contributed by atoms with Gasteiger partial charge in [-0.05, 0) is 51.8 Å². The van der Waals surface area contributed by atoms with Crippen molar-refractivity contribution in [3.05, 3.63) is 41.8 Å². The van der Waals surface area contributed by atoms with Crippen molar-refractivity contribution in [2.75, 3.05) is 13.1 Å². The van der Waals surface area contributed by atoms with E-state index < -0.39 is 0 Å². The lowest BCUT2D eigenvalue weighted by molar-refractivity contribution is 0.193. The minimum Gasteiger partial charge on any atom is -0.310 e. The molecule has 0 radical (unpaired) electrons. The maximum Gasteiger partial charge on any atom is 0.155 e. The van der Waals surface area contributed by atoms with Crippen molar-refractivity contribution in [3.8, 4) is 0 Å². The van der Waals surface area contributed by atoms with E-state index in [0.717, 1.165) is 49.9 Å². The standard InChI is InChI=1S/C19H27N9/c1-14-21-17(25(2)24-14)12-26-10-6-15(7-11-26)19-23-22-18(28(19)16-4-5-16)13-27-9-3-8-20-27/h3,8-9,15-16H,4-7,10-13H2,1-2H3. The van der Waals surface area contributed by atoms with E-state index in [1.807, 2.05) is 41.8 Å². The predicted molar refractivity (Wildman–Crippen MR) is 103 cm³/mol. The molecule has 1 aliphatic carbocycles. The zero-order valence-electron chi connectivity index (χ0n) is 16.6. The fourth-order valence-corrected chi connectivity index (χ4v) is 4.24. The quantitative estimate of drug-likeness (QED) is 0.646. The third-order valence-corrected chi connectivity index (χ3v) is 5.84. The first-order valence-corrected chi connectivity index (χ1v) is 10.2. The van der Waals surface area contributed by atoms with Gasteiger partial charge >= 0.3 is 0 Å². The summed E-state index contributed by atoms with van der Waals surface area (Å²) in [6.07, 6.45) is 8.50. The summed E-state index contributed by atoms with van der Waals surface area (Å²) in [5.41, 5.74) is 0. The van der Waals surface area contributed by atoms with Crippen LogP contribution in [0.2, 0.25) is 0 Å². The number of piperidine rings is 1. The number of aromatic nitrogens is 8. The van der Waals surface area contributed by atoms with Gasteiger partial charge in [0.1, 0.15) is 24.0 Å². The number of aryl methyl sites for hydroxylation is 2. The van der Waals surface area contributed by atoms with E-state index in [-0.39, 0.29) is 0 Å². The Kier molecular flexibility index (Phi) is 4.46. The molecule has 0 N–H and O–H groups in total. The van der Waals surface area contributed by atoms with Crippen LogP contribution in [0.25, 0.3) is 0 Å². The van der Waals surface area contributed by atoms with Gasteiger partial charge in [-0.2, -0.15) is 10.2 Å². The zero-order chi connectivity index (χ0) is 19.1. The molecule has 5 rings (SSSR count). The molecule has 2 aliphatic rings. The van der Waals surface area contributed by atoms with Gasteiger partial charge in [-0.15, -0.1) is 10.2 Å². The van der Waals surface area contributed by atoms with Crippen molar-refractivity contribution in [3.63, 3.8) is 0 Å². The molecule has 1 saturated carbocycles. The monoisotopic (exact) mass is 381 g/mol. The molecule has 2 fully saturated rings. The van der Waals surface area contributed by atoms with Gasteiger partial charge in [0, 0.05) is 31.4 Å². The van der Waals surface area contributed by atoms with E-state index >= 15 is 0 Å². The molecule has 0 bridgehead atoms. The van der Waals surface area contributed by atoms with Crippen LogP contribution < -0.4 is 0 Å². The lowest BCUT2D eigenvalue weighted by atomic mass is 9.95. The topological polar surface area (TPSA) is 82.5 Å². The molecule has 28 heavy (non-hydrogen) atoms. The van der Waals surface area contributed by atoms with E-state index in [9.17, 15) is 0 Å². The van der Waals surface area contributed by atoms with Gasteiger partial charge in [-0.1, -0.05) is 0 Å². The van der Waals surface area contributed by atoms with E-state index in [1.165, 1.54) is 18.7 Å². The van der Waals surface area contributed by atoms with Gasteiger partial charge in [-0.3, -0.25) is 14.3 Å². The van der Waals surface area contributed by atoms with Gasteiger partial charge in [0.25, 0.3) is 0 Å². The molecule has 9 heteroatoms. The van der Waals surface area contributed by atoms with Gasteiger partial charge in [0.05, 0.1) is 6.54 Å². The molecule has 4 heterocycles. The van der Waals surface area contributed by atoms with E-state index in [4.69, 9.17) is 0 Å². The lowest BCUT2D eigenvalue weighted by Gasteiger charge is -2.31. The van der Waals surface area contributed by atoms with Gasteiger partial charge in [0.15, 0.2) is 5.82 Å². The number of nitrogens with zero attached hydrogens (tertiary/aromatic N) is 9. The fourth-order valence-electron chi connectivity index (χ4n) is 4.24. The number of hydrogen-bond donors (Lipinski definition) is 0. The molecule has 0 atom stereocenters. The highest BCUT2D eigenvalue weighted by Gasteiger charge is 2.33. The fraction of sp³-hybridized carbons (Fsp3) is 0.632. The number of hydrogen-bond acceptors (Lipinski definition) is 6. The summed E-state index contributed by atoms with van der Waals surface area (Å²) >= 11 is 0. The maximum atomic E-state index is 4.63. The predicted octanol–water partition coefficient (Wildman–Crippen LogP) is 1.67. The number of rotatable bonds is 6. The van der Waals surface area contributed by atoms with Crippen molar-refractivity contribution in [2.45, 2.75) is 57.7 Å². The summed E-state index contributed by atoms with van der Waals surface area (Å²) < 4.78 is 6.24. The zero-order valence-corrected chi connectivity index (χ0v) is 16.6. The minimum absolute atomic E-state index is 0.483. The average Bonchev–Trinajstić information content (AvgIpc) is 3.08. The molecule has 0 amide bonds. The number of likely N-dealkylation sites (tertiary alicyclic amines) is 1. The van der Waals surface area contributed by atoms with Crippen LogP contribution in [-0.2, 0) is 20.1 Å². The second-order valence-electron chi connectivity index (χ2n) is 8.03. The summed E-state index contributed by atoms with van der Waals surface area (Å²) in [5.74, 6) is 4.59. The van der Waals surface area contributed by atoms with Gasteiger partial charge in [0.2, 0.25) is 0 Å². The third kappa shape index (κ3) is 3.46.